The van der Waals surface area contributed by atoms with Crippen molar-refractivity contribution >= 4 is 17.5 Å². The van der Waals surface area contributed by atoms with Crippen LogP contribution in [-0.2, 0) is 4.79 Å². The highest BCUT2D eigenvalue weighted by Crippen LogP contribution is 2.29. The van der Waals surface area contributed by atoms with Crippen molar-refractivity contribution in [1.29, 1.82) is 0 Å². The van der Waals surface area contributed by atoms with Gasteiger partial charge in [-0.05, 0) is 74.3 Å². The molecule has 2 unspecified atom stereocenters. The van der Waals surface area contributed by atoms with Crippen molar-refractivity contribution in [1.82, 2.24) is 9.80 Å². The molecule has 3 aliphatic rings. The van der Waals surface area contributed by atoms with Crippen LogP contribution in [-0.4, -0.2) is 47.9 Å². The maximum absolute atomic E-state index is 14.4. The zero-order valence-corrected chi connectivity index (χ0v) is 24.5. The van der Waals surface area contributed by atoms with E-state index < -0.39 is 0 Å². The first-order valence-electron chi connectivity index (χ1n) is 14.1. The van der Waals surface area contributed by atoms with Crippen LogP contribution in [0.4, 0.5) is 4.39 Å². The number of allylic oxidation sites excluding steroid dienone is 13. The number of carbonyl (C=O) groups is 1. The van der Waals surface area contributed by atoms with Gasteiger partial charge in [0.25, 0.3) is 0 Å². The molecule has 0 saturated heterocycles. The molecule has 1 aliphatic heterocycles. The summed E-state index contributed by atoms with van der Waals surface area (Å²) in [5, 5.41) is 0.701. The summed E-state index contributed by atoms with van der Waals surface area (Å²) in [6.45, 7) is 11.8. The average Bonchev–Trinajstić information content (AvgIpc) is 3.27. The lowest BCUT2D eigenvalue weighted by molar-refractivity contribution is -0.131. The molecular weight excluding hydrogens is 509 g/mol. The highest BCUT2D eigenvalue weighted by molar-refractivity contribution is 6.29. The highest BCUT2D eigenvalue weighted by atomic mass is 35.5. The zero-order valence-electron chi connectivity index (χ0n) is 23.8. The molecule has 39 heavy (non-hydrogen) atoms. The van der Waals surface area contributed by atoms with E-state index in [1.54, 1.807) is 12.2 Å². The first-order chi connectivity index (χ1) is 18.9. The Kier molecular flexibility index (Phi) is 14.6. The monoisotopic (exact) mass is 553 g/mol. The summed E-state index contributed by atoms with van der Waals surface area (Å²) >= 11 is 6.14. The van der Waals surface area contributed by atoms with E-state index in [0.29, 0.717) is 31.1 Å². The Labute approximate surface area is 240 Å². The topological polar surface area (TPSA) is 49.6 Å². The van der Waals surface area contributed by atoms with Crippen LogP contribution in [0.1, 0.15) is 52.9 Å². The van der Waals surface area contributed by atoms with Gasteiger partial charge in [0.15, 0.2) is 0 Å². The van der Waals surface area contributed by atoms with Crippen LogP contribution in [0.2, 0.25) is 0 Å². The predicted molar refractivity (Wildman–Crippen MR) is 165 cm³/mol. The maximum atomic E-state index is 14.4. The van der Waals surface area contributed by atoms with Crippen LogP contribution in [0.25, 0.3) is 0 Å². The second-order valence-electron chi connectivity index (χ2n) is 9.70. The molecule has 212 valence electrons. The second-order valence-corrected chi connectivity index (χ2v) is 10.3. The molecule has 0 aromatic rings. The number of rotatable bonds is 10. The van der Waals surface area contributed by atoms with E-state index in [-0.39, 0.29) is 30.2 Å². The van der Waals surface area contributed by atoms with Crippen LogP contribution in [0.15, 0.2) is 107 Å². The van der Waals surface area contributed by atoms with E-state index in [1.807, 2.05) is 62.1 Å². The number of carbonyl (C=O) groups excluding carboxylic acids is 1. The van der Waals surface area contributed by atoms with Gasteiger partial charge in [0.05, 0.1) is 6.54 Å². The van der Waals surface area contributed by atoms with Crippen LogP contribution in [0, 0.1) is 5.92 Å². The highest BCUT2D eigenvalue weighted by Gasteiger charge is 2.22. The van der Waals surface area contributed by atoms with Crippen LogP contribution < -0.4 is 5.73 Å². The van der Waals surface area contributed by atoms with E-state index in [0.717, 1.165) is 42.5 Å². The molecule has 3 rings (SSSR count). The normalized spacial score (nSPS) is 21.6. The summed E-state index contributed by atoms with van der Waals surface area (Å²) in [7, 11) is 0. The number of hydrogen-bond acceptors (Lipinski definition) is 3. The number of nitrogens with zero attached hydrogens (tertiary/aromatic N) is 2. The predicted octanol–water partition coefficient (Wildman–Crippen LogP) is 7.67. The fourth-order valence-electron chi connectivity index (χ4n) is 4.67. The quantitative estimate of drug-likeness (QED) is 0.223. The van der Waals surface area contributed by atoms with E-state index in [9.17, 15) is 9.18 Å². The van der Waals surface area contributed by atoms with Crippen LogP contribution in [0.3, 0.4) is 0 Å². The standard InChI is InChI=1S/C31H39ClFN3O.C2H6/c1-3-8-25(21-24(2)32)16-19-36(23-31(37)35-18-7-10-28(34)17-20-35)29-14-12-26(13-15-29)22-27-9-5-4-6-11-30(27)33;1-2/h3-4,6-12,14-15,21,26,28H,1,5,13,16-20,22-23,34H2,2H3;1-2H3/b24-21+,25-8-;. The van der Waals surface area contributed by atoms with Crippen molar-refractivity contribution in [3.8, 4) is 0 Å². The second kappa shape index (κ2) is 17.6. The molecule has 0 fully saturated rings. The number of amides is 1. The molecule has 4 nitrogen and oxygen atoms in total. The van der Waals surface area contributed by atoms with E-state index in [4.69, 9.17) is 17.3 Å². The van der Waals surface area contributed by atoms with Gasteiger partial charge in [0, 0.05) is 36.4 Å². The third-order valence-corrected chi connectivity index (χ3v) is 6.82. The lowest BCUT2D eigenvalue weighted by Gasteiger charge is -2.31. The zero-order chi connectivity index (χ0) is 28.6. The van der Waals surface area contributed by atoms with Crippen molar-refractivity contribution in [2.45, 2.75) is 58.9 Å². The van der Waals surface area contributed by atoms with E-state index >= 15 is 0 Å². The lowest BCUT2D eigenvalue weighted by atomic mass is 9.91. The first kappa shape index (κ1) is 32.3. The molecule has 1 heterocycles. The van der Waals surface area contributed by atoms with Gasteiger partial charge >= 0.3 is 0 Å². The molecule has 2 N–H and O–H groups in total. The minimum atomic E-state index is -0.153. The summed E-state index contributed by atoms with van der Waals surface area (Å²) in [4.78, 5) is 17.3. The molecule has 0 aromatic carbocycles. The van der Waals surface area contributed by atoms with Gasteiger partial charge in [-0.1, -0.05) is 86.7 Å². The summed E-state index contributed by atoms with van der Waals surface area (Å²) in [5.41, 5.74) is 8.88. The third kappa shape index (κ3) is 11.4. The van der Waals surface area contributed by atoms with Crippen LogP contribution in [0.5, 0.6) is 0 Å². The lowest BCUT2D eigenvalue weighted by Crippen LogP contribution is -2.41. The van der Waals surface area contributed by atoms with Crippen molar-refractivity contribution < 1.29 is 9.18 Å². The van der Waals surface area contributed by atoms with Gasteiger partial charge < -0.3 is 15.5 Å². The molecule has 0 bridgehead atoms. The van der Waals surface area contributed by atoms with Gasteiger partial charge in [-0.25, -0.2) is 4.39 Å². The van der Waals surface area contributed by atoms with E-state index in [2.05, 4.69) is 29.7 Å². The molecule has 2 atom stereocenters. The molecule has 6 heteroatoms. The van der Waals surface area contributed by atoms with E-state index in [1.165, 1.54) is 6.08 Å². The van der Waals surface area contributed by atoms with Crippen molar-refractivity contribution in [3.63, 3.8) is 0 Å². The number of halogens is 2. The Balaban J connectivity index is 0.00000260. The Morgan fingerprint density at radius 1 is 1.28 bits per heavy atom. The molecule has 0 radical (unpaired) electrons. The summed E-state index contributed by atoms with van der Waals surface area (Å²) < 4.78 is 14.4. The summed E-state index contributed by atoms with van der Waals surface area (Å²) in [6, 6.07) is -0.00830. The maximum Gasteiger partial charge on any atom is 0.242 e. The van der Waals surface area contributed by atoms with Crippen molar-refractivity contribution in [3.05, 3.63) is 107 Å². The summed E-state index contributed by atoms with van der Waals surface area (Å²) in [5.74, 6) is 0.149. The Hall–Kier alpha value is -2.89. The Morgan fingerprint density at radius 2 is 2.08 bits per heavy atom. The third-order valence-electron chi connectivity index (χ3n) is 6.71. The molecule has 0 spiro atoms. The van der Waals surface area contributed by atoms with Crippen LogP contribution >= 0.6 is 11.6 Å². The Morgan fingerprint density at radius 3 is 2.77 bits per heavy atom. The number of nitrogens with two attached hydrogens (primary N) is 1. The van der Waals surface area contributed by atoms with Gasteiger partial charge in [-0.3, -0.25) is 4.79 Å². The van der Waals surface area contributed by atoms with Gasteiger partial charge in [-0.15, -0.1) is 0 Å². The first-order valence-corrected chi connectivity index (χ1v) is 14.4. The molecule has 0 aromatic heterocycles. The van der Waals surface area contributed by atoms with Gasteiger partial charge in [0.1, 0.15) is 5.83 Å². The smallest absolute Gasteiger partial charge is 0.242 e. The number of hydrogen-bond donors (Lipinski definition) is 1. The van der Waals surface area contributed by atoms with Crippen molar-refractivity contribution in [2.24, 2.45) is 11.7 Å². The molecule has 0 saturated carbocycles. The SMILES string of the molecule is C=C/C=C(\C=C(/C)Cl)CCN(CC(=O)N1CC=CC(N)CC1)C1=CCC(CC2=CCC=CC=C2F)C=C1.CC. The van der Waals surface area contributed by atoms with Crippen molar-refractivity contribution in [2.75, 3.05) is 26.2 Å². The largest absolute Gasteiger partial charge is 0.362 e. The van der Waals surface area contributed by atoms with Gasteiger partial charge in [-0.2, -0.15) is 0 Å². The summed E-state index contributed by atoms with van der Waals surface area (Å²) in [6.07, 6.45) is 26.9. The molecule has 2 aliphatic carbocycles. The minimum absolute atomic E-state index is 0.00830. The Bertz CT molecular complexity index is 1070. The fraction of sp³-hybridized carbons (Fsp3) is 0.424. The minimum Gasteiger partial charge on any atom is -0.362 e. The molecule has 1 amide bonds. The molecular formula is C33H45ClFN3O. The fourth-order valence-corrected chi connectivity index (χ4v) is 4.81. The average molecular weight is 554 g/mol. The van der Waals surface area contributed by atoms with Gasteiger partial charge in [0.2, 0.25) is 5.91 Å².